The van der Waals surface area contributed by atoms with Gasteiger partial charge < -0.3 is 4.57 Å². The zero-order chi connectivity index (χ0) is 9.97. The number of aromatic nitrogens is 1. The molecule has 2 rings (SSSR count). The highest BCUT2D eigenvalue weighted by Crippen LogP contribution is 2.20. The minimum Gasteiger partial charge on any atom is -0.350 e. The van der Waals surface area contributed by atoms with E-state index in [1.807, 2.05) is 7.05 Å². The second-order valence-corrected chi connectivity index (χ2v) is 3.44. The Bertz CT molecular complexity index is 488. The fraction of sp³-hybridized carbons (Fsp3) is 0.250. The van der Waals surface area contributed by atoms with Crippen molar-refractivity contribution in [1.82, 2.24) is 4.57 Å². The van der Waals surface area contributed by atoms with Crippen LogP contribution in [0.2, 0.25) is 0 Å². The van der Waals surface area contributed by atoms with Crippen LogP contribution >= 0.6 is 0 Å². The molecule has 2 aromatic rings. The second-order valence-electron chi connectivity index (χ2n) is 3.44. The maximum atomic E-state index is 8.56. The summed E-state index contributed by atoms with van der Waals surface area (Å²) in [5.74, 6) is 0. The standard InChI is InChI=1S/C12H12N2/c1-14-9-7-11-5-2-4-10(12(11)14)6-3-8-13/h2,4-5,7,9H,3,6H2,1H3. The van der Waals surface area contributed by atoms with Gasteiger partial charge in [0, 0.05) is 19.7 Å². The predicted molar refractivity (Wildman–Crippen MR) is 56.9 cm³/mol. The van der Waals surface area contributed by atoms with Crippen LogP contribution in [0, 0.1) is 11.3 Å². The van der Waals surface area contributed by atoms with Crippen molar-refractivity contribution in [2.24, 2.45) is 7.05 Å². The van der Waals surface area contributed by atoms with Gasteiger partial charge in [0.15, 0.2) is 0 Å². The molecule has 14 heavy (non-hydrogen) atoms. The third kappa shape index (κ3) is 1.38. The van der Waals surface area contributed by atoms with E-state index >= 15 is 0 Å². The molecule has 0 amide bonds. The van der Waals surface area contributed by atoms with Crippen molar-refractivity contribution < 1.29 is 0 Å². The first kappa shape index (κ1) is 8.83. The molecule has 1 aromatic heterocycles. The lowest BCUT2D eigenvalue weighted by atomic mass is 10.1. The molecular weight excluding hydrogens is 172 g/mol. The number of hydrogen-bond donors (Lipinski definition) is 0. The second kappa shape index (κ2) is 3.55. The normalized spacial score (nSPS) is 10.3. The van der Waals surface area contributed by atoms with Crippen molar-refractivity contribution in [3.63, 3.8) is 0 Å². The SMILES string of the molecule is Cn1ccc2cccc(CCC#N)c21. The molecule has 0 saturated heterocycles. The highest BCUT2D eigenvalue weighted by atomic mass is 14.9. The van der Waals surface area contributed by atoms with Gasteiger partial charge in [0.1, 0.15) is 0 Å². The average Bonchev–Trinajstić information content (AvgIpc) is 2.58. The quantitative estimate of drug-likeness (QED) is 0.705. The van der Waals surface area contributed by atoms with E-state index in [4.69, 9.17) is 5.26 Å². The number of para-hydroxylation sites is 1. The van der Waals surface area contributed by atoms with Gasteiger partial charge in [-0.2, -0.15) is 5.26 Å². The van der Waals surface area contributed by atoms with E-state index in [1.165, 1.54) is 16.5 Å². The van der Waals surface area contributed by atoms with Gasteiger partial charge in [-0.1, -0.05) is 18.2 Å². The molecule has 0 unspecified atom stereocenters. The van der Waals surface area contributed by atoms with Crippen LogP contribution in [0.25, 0.3) is 10.9 Å². The Morgan fingerprint density at radius 1 is 1.36 bits per heavy atom. The van der Waals surface area contributed by atoms with E-state index in [0.29, 0.717) is 6.42 Å². The van der Waals surface area contributed by atoms with E-state index in [2.05, 4.69) is 41.1 Å². The number of rotatable bonds is 2. The molecule has 0 atom stereocenters. The molecule has 0 N–H and O–H groups in total. The number of hydrogen-bond acceptors (Lipinski definition) is 1. The molecule has 0 radical (unpaired) electrons. The highest BCUT2D eigenvalue weighted by molar-refractivity contribution is 5.83. The maximum Gasteiger partial charge on any atom is 0.0625 e. The van der Waals surface area contributed by atoms with Crippen molar-refractivity contribution in [2.75, 3.05) is 0 Å². The third-order valence-corrected chi connectivity index (χ3v) is 2.49. The van der Waals surface area contributed by atoms with E-state index < -0.39 is 0 Å². The Hall–Kier alpha value is -1.75. The van der Waals surface area contributed by atoms with Crippen LogP contribution in [0.15, 0.2) is 30.5 Å². The zero-order valence-corrected chi connectivity index (χ0v) is 8.20. The Morgan fingerprint density at radius 3 is 3.00 bits per heavy atom. The molecule has 2 heteroatoms. The van der Waals surface area contributed by atoms with Gasteiger partial charge in [-0.15, -0.1) is 0 Å². The summed E-state index contributed by atoms with van der Waals surface area (Å²) in [6.45, 7) is 0. The summed E-state index contributed by atoms with van der Waals surface area (Å²) >= 11 is 0. The molecule has 2 nitrogen and oxygen atoms in total. The minimum atomic E-state index is 0.588. The van der Waals surface area contributed by atoms with Crippen molar-refractivity contribution >= 4 is 10.9 Å². The molecule has 0 aliphatic carbocycles. The Balaban J connectivity index is 2.53. The predicted octanol–water partition coefficient (Wildman–Crippen LogP) is 2.63. The van der Waals surface area contributed by atoms with Crippen LogP contribution < -0.4 is 0 Å². The lowest BCUT2D eigenvalue weighted by Gasteiger charge is -2.03. The van der Waals surface area contributed by atoms with Crippen LogP contribution in [0.1, 0.15) is 12.0 Å². The van der Waals surface area contributed by atoms with Crippen LogP contribution in [0.3, 0.4) is 0 Å². The van der Waals surface area contributed by atoms with E-state index in [1.54, 1.807) is 0 Å². The molecule has 0 spiro atoms. The minimum absolute atomic E-state index is 0.588. The molecule has 0 aliphatic rings. The number of aryl methyl sites for hydroxylation is 2. The van der Waals surface area contributed by atoms with Gasteiger partial charge in [0.05, 0.1) is 11.6 Å². The lowest BCUT2D eigenvalue weighted by Crippen LogP contribution is -1.91. The Morgan fingerprint density at radius 2 is 2.21 bits per heavy atom. The molecule has 1 heterocycles. The van der Waals surface area contributed by atoms with Crippen LogP contribution in [0.4, 0.5) is 0 Å². The van der Waals surface area contributed by atoms with Crippen molar-refractivity contribution in [1.29, 1.82) is 5.26 Å². The lowest BCUT2D eigenvalue weighted by molar-refractivity contribution is 0.941. The topological polar surface area (TPSA) is 28.7 Å². The molecule has 70 valence electrons. The van der Waals surface area contributed by atoms with E-state index in [-0.39, 0.29) is 0 Å². The van der Waals surface area contributed by atoms with Gasteiger partial charge in [-0.05, 0) is 23.4 Å². The maximum absolute atomic E-state index is 8.56. The van der Waals surface area contributed by atoms with Crippen LogP contribution in [0.5, 0.6) is 0 Å². The first-order chi connectivity index (χ1) is 6.83. The highest BCUT2D eigenvalue weighted by Gasteiger charge is 2.03. The summed E-state index contributed by atoms with van der Waals surface area (Å²) in [7, 11) is 2.04. The molecular formula is C12H12N2. The summed E-state index contributed by atoms with van der Waals surface area (Å²) < 4.78 is 2.11. The molecule has 0 aliphatic heterocycles. The van der Waals surface area contributed by atoms with Gasteiger partial charge >= 0.3 is 0 Å². The smallest absolute Gasteiger partial charge is 0.0625 e. The number of nitrogens with zero attached hydrogens (tertiary/aromatic N) is 2. The number of nitriles is 1. The van der Waals surface area contributed by atoms with Crippen molar-refractivity contribution in [3.05, 3.63) is 36.0 Å². The van der Waals surface area contributed by atoms with Gasteiger partial charge in [-0.3, -0.25) is 0 Å². The molecule has 0 bridgehead atoms. The summed E-state index contributed by atoms with van der Waals surface area (Å²) in [6.07, 6.45) is 3.48. The first-order valence-corrected chi connectivity index (χ1v) is 4.73. The third-order valence-electron chi connectivity index (χ3n) is 2.49. The zero-order valence-electron chi connectivity index (χ0n) is 8.20. The van der Waals surface area contributed by atoms with Crippen molar-refractivity contribution in [3.8, 4) is 6.07 Å². The average molecular weight is 184 g/mol. The van der Waals surface area contributed by atoms with Crippen molar-refractivity contribution in [2.45, 2.75) is 12.8 Å². The monoisotopic (exact) mass is 184 g/mol. The molecule has 0 fully saturated rings. The molecule has 1 aromatic carbocycles. The van der Waals surface area contributed by atoms with Gasteiger partial charge in [0.25, 0.3) is 0 Å². The van der Waals surface area contributed by atoms with E-state index in [9.17, 15) is 0 Å². The number of benzene rings is 1. The number of fused-ring (bicyclic) bond motifs is 1. The van der Waals surface area contributed by atoms with E-state index in [0.717, 1.165) is 6.42 Å². The van der Waals surface area contributed by atoms with Crippen LogP contribution in [-0.2, 0) is 13.5 Å². The first-order valence-electron chi connectivity index (χ1n) is 4.73. The fourth-order valence-electron chi connectivity index (χ4n) is 1.83. The summed E-state index contributed by atoms with van der Waals surface area (Å²) in [4.78, 5) is 0. The molecule has 0 saturated carbocycles. The summed E-state index contributed by atoms with van der Waals surface area (Å²) in [5, 5.41) is 9.82. The summed E-state index contributed by atoms with van der Waals surface area (Å²) in [6, 6.07) is 10.5. The van der Waals surface area contributed by atoms with Gasteiger partial charge in [0.2, 0.25) is 0 Å². The van der Waals surface area contributed by atoms with Gasteiger partial charge in [-0.25, -0.2) is 0 Å². The van der Waals surface area contributed by atoms with Crippen LogP contribution in [-0.4, -0.2) is 4.57 Å². The Kier molecular flexibility index (Phi) is 2.24. The summed E-state index contributed by atoms with van der Waals surface area (Å²) in [5.41, 5.74) is 2.51. The largest absolute Gasteiger partial charge is 0.350 e. The Labute approximate surface area is 83.4 Å². The fourth-order valence-corrected chi connectivity index (χ4v) is 1.83.